The van der Waals surface area contributed by atoms with Crippen molar-refractivity contribution in [1.29, 1.82) is 0 Å². The molecular weight excluding hydrogens is 529 g/mol. The zero-order valence-electron chi connectivity index (χ0n) is 17.8. The summed E-state index contributed by atoms with van der Waals surface area (Å²) in [5.41, 5.74) is 5.29. The van der Waals surface area contributed by atoms with E-state index in [1.807, 2.05) is 36.0 Å². The Labute approximate surface area is 208 Å². The molecule has 2 aliphatic rings. The molecule has 6 rings (SSSR count). The standard InChI is InChI=1S/C26H22N3OS.HI/c1-28-14-13-17(19-7-3-5-9-21(19)28)16-25-29(2)22-12-11-18(15-24(22)31-25)26-27-20-8-4-6-10-23(20)30-26;/h3-11,13-16,22H,12H2,1-2H3;1H/q+1;/p-1. The molecule has 3 heterocycles. The number of benzene rings is 2. The van der Waals surface area contributed by atoms with Crippen molar-refractivity contribution in [1.82, 2.24) is 9.88 Å². The van der Waals surface area contributed by atoms with Crippen LogP contribution in [0.5, 0.6) is 0 Å². The third-order valence-corrected chi connectivity index (χ3v) is 7.36. The fourth-order valence-electron chi connectivity index (χ4n) is 4.38. The van der Waals surface area contributed by atoms with E-state index in [9.17, 15) is 0 Å². The Kier molecular flexibility index (Phi) is 5.59. The number of nitrogens with zero attached hydrogens (tertiary/aromatic N) is 3. The van der Waals surface area contributed by atoms with E-state index in [0.717, 1.165) is 23.1 Å². The zero-order valence-corrected chi connectivity index (χ0v) is 20.8. The molecule has 4 nitrogen and oxygen atoms in total. The average Bonchev–Trinajstić information content (AvgIpc) is 3.37. The summed E-state index contributed by atoms with van der Waals surface area (Å²) in [6.45, 7) is 0. The van der Waals surface area contributed by atoms with E-state index in [0.29, 0.717) is 11.9 Å². The first-order chi connectivity index (χ1) is 15.2. The highest BCUT2D eigenvalue weighted by Crippen LogP contribution is 2.47. The number of para-hydroxylation sites is 3. The molecule has 1 unspecified atom stereocenters. The van der Waals surface area contributed by atoms with Crippen LogP contribution in [0.25, 0.3) is 33.7 Å². The topological polar surface area (TPSA) is 33.2 Å². The minimum absolute atomic E-state index is 0. The van der Waals surface area contributed by atoms with Crippen LogP contribution in [0, 0.1) is 0 Å². The lowest BCUT2D eigenvalue weighted by atomic mass is 10.0. The Bertz CT molecular complexity index is 1400. The molecule has 2 aromatic carbocycles. The highest BCUT2D eigenvalue weighted by atomic mass is 127. The number of aromatic nitrogens is 2. The van der Waals surface area contributed by atoms with Gasteiger partial charge in [0.05, 0.1) is 16.5 Å². The third-order valence-electron chi connectivity index (χ3n) is 6.12. The van der Waals surface area contributed by atoms with Gasteiger partial charge >= 0.3 is 0 Å². The maximum atomic E-state index is 6.00. The first kappa shape index (κ1) is 21.3. The van der Waals surface area contributed by atoms with Crippen molar-refractivity contribution in [3.8, 4) is 0 Å². The van der Waals surface area contributed by atoms with Gasteiger partial charge in [-0.05, 0) is 42.3 Å². The second kappa shape index (κ2) is 8.41. The number of pyridine rings is 1. The van der Waals surface area contributed by atoms with Crippen LogP contribution in [-0.4, -0.2) is 23.0 Å². The zero-order chi connectivity index (χ0) is 20.9. The highest BCUT2D eigenvalue weighted by Gasteiger charge is 2.33. The molecule has 6 heteroatoms. The van der Waals surface area contributed by atoms with Crippen molar-refractivity contribution in [2.75, 3.05) is 7.05 Å². The third kappa shape index (κ3) is 3.55. The molecule has 0 bridgehead atoms. The summed E-state index contributed by atoms with van der Waals surface area (Å²) in [5, 5.41) is 2.53. The smallest absolute Gasteiger partial charge is 0.227 e. The van der Waals surface area contributed by atoms with Crippen LogP contribution in [-0.2, 0) is 7.05 Å². The summed E-state index contributed by atoms with van der Waals surface area (Å²) in [5.74, 6) is 0.703. The number of halogens is 1. The number of likely N-dealkylation sites (N-methyl/N-ethyl adjacent to an activating group) is 1. The molecule has 1 atom stereocenters. The molecule has 1 saturated heterocycles. The number of thioether (sulfide) groups is 1. The van der Waals surface area contributed by atoms with Gasteiger partial charge in [-0.25, -0.2) is 9.55 Å². The van der Waals surface area contributed by atoms with Gasteiger partial charge in [-0.1, -0.05) is 42.1 Å². The molecule has 2 aromatic heterocycles. The number of aryl methyl sites for hydroxylation is 1. The van der Waals surface area contributed by atoms with Gasteiger partial charge in [0.15, 0.2) is 11.8 Å². The number of fused-ring (bicyclic) bond motifs is 3. The Morgan fingerprint density at radius 3 is 2.81 bits per heavy atom. The van der Waals surface area contributed by atoms with Gasteiger partial charge in [0.25, 0.3) is 0 Å². The van der Waals surface area contributed by atoms with Gasteiger partial charge in [-0.2, -0.15) is 0 Å². The van der Waals surface area contributed by atoms with Crippen LogP contribution in [0.1, 0.15) is 17.9 Å². The van der Waals surface area contributed by atoms with Crippen LogP contribution in [0.3, 0.4) is 0 Å². The lowest BCUT2D eigenvalue weighted by Gasteiger charge is -2.23. The lowest BCUT2D eigenvalue weighted by molar-refractivity contribution is -0.644. The van der Waals surface area contributed by atoms with Crippen molar-refractivity contribution in [2.45, 2.75) is 12.5 Å². The quantitative estimate of drug-likeness (QED) is 0.284. The van der Waals surface area contributed by atoms with E-state index in [2.05, 4.69) is 83.3 Å². The summed E-state index contributed by atoms with van der Waals surface area (Å²) in [6, 6.07) is 19.1. The Hall–Kier alpha value is -2.58. The molecule has 0 saturated carbocycles. The highest BCUT2D eigenvalue weighted by molar-refractivity contribution is 8.07. The van der Waals surface area contributed by atoms with Gasteiger partial charge in [0.1, 0.15) is 12.6 Å². The molecule has 32 heavy (non-hydrogen) atoms. The Morgan fingerprint density at radius 1 is 1.12 bits per heavy atom. The second-order valence-electron chi connectivity index (χ2n) is 8.04. The lowest BCUT2D eigenvalue weighted by Crippen LogP contribution is -3.00. The van der Waals surface area contributed by atoms with Gasteiger partial charge < -0.3 is 33.3 Å². The van der Waals surface area contributed by atoms with E-state index in [1.54, 1.807) is 0 Å². The van der Waals surface area contributed by atoms with Crippen LogP contribution >= 0.6 is 11.8 Å². The van der Waals surface area contributed by atoms with E-state index in [-0.39, 0.29) is 24.0 Å². The number of rotatable bonds is 2. The summed E-state index contributed by atoms with van der Waals surface area (Å²) >= 11 is 1.85. The summed E-state index contributed by atoms with van der Waals surface area (Å²) in [4.78, 5) is 8.41. The average molecular weight is 551 g/mol. The largest absolute Gasteiger partial charge is 1.00 e. The molecule has 0 spiro atoms. The summed E-state index contributed by atoms with van der Waals surface area (Å²) in [7, 11) is 4.28. The minimum Gasteiger partial charge on any atom is -1.00 e. The van der Waals surface area contributed by atoms with Gasteiger partial charge in [0.2, 0.25) is 11.4 Å². The molecule has 0 amide bonds. The molecule has 0 N–H and O–H groups in total. The van der Waals surface area contributed by atoms with Gasteiger partial charge in [-0.3, -0.25) is 0 Å². The molecule has 4 aromatic rings. The monoisotopic (exact) mass is 551 g/mol. The van der Waals surface area contributed by atoms with Gasteiger partial charge in [-0.15, -0.1) is 0 Å². The molecule has 1 fully saturated rings. The Balaban J connectivity index is 0.00000216. The molecular formula is C26H22IN3OS. The van der Waals surface area contributed by atoms with E-state index in [4.69, 9.17) is 4.42 Å². The summed E-state index contributed by atoms with van der Waals surface area (Å²) in [6.07, 6.45) is 9.88. The molecule has 1 aliphatic carbocycles. The van der Waals surface area contributed by atoms with Gasteiger partial charge in [0, 0.05) is 29.7 Å². The molecule has 0 radical (unpaired) electrons. The maximum absolute atomic E-state index is 6.00. The first-order valence-electron chi connectivity index (χ1n) is 10.4. The SMILES string of the molecule is CN1C(=Cc2cc[n+](C)c3ccccc23)SC2=CC(c3nc4ccccc4o3)=CCC21.[I-]. The van der Waals surface area contributed by atoms with E-state index in [1.165, 1.54) is 26.4 Å². The predicted molar refractivity (Wildman–Crippen MR) is 127 cm³/mol. The molecule has 1 aliphatic heterocycles. The van der Waals surface area contributed by atoms with Crippen LogP contribution < -0.4 is 28.5 Å². The van der Waals surface area contributed by atoms with Crippen molar-refractivity contribution in [3.63, 3.8) is 0 Å². The molecule has 160 valence electrons. The fourth-order valence-corrected chi connectivity index (χ4v) is 5.65. The number of oxazole rings is 1. The number of hydrogen-bond donors (Lipinski definition) is 0. The number of allylic oxidation sites excluding steroid dienone is 2. The Morgan fingerprint density at radius 2 is 1.94 bits per heavy atom. The normalized spacial score (nSPS) is 19.1. The fraction of sp³-hybridized carbons (Fsp3) is 0.154. The van der Waals surface area contributed by atoms with Crippen molar-refractivity contribution in [3.05, 3.63) is 94.3 Å². The second-order valence-corrected chi connectivity index (χ2v) is 9.13. The predicted octanol–water partition coefficient (Wildman–Crippen LogP) is 2.53. The van der Waals surface area contributed by atoms with Crippen molar-refractivity contribution < 1.29 is 33.0 Å². The van der Waals surface area contributed by atoms with Crippen LogP contribution in [0.2, 0.25) is 0 Å². The maximum Gasteiger partial charge on any atom is 0.227 e. The van der Waals surface area contributed by atoms with Crippen molar-refractivity contribution in [2.24, 2.45) is 7.05 Å². The van der Waals surface area contributed by atoms with E-state index >= 15 is 0 Å². The van der Waals surface area contributed by atoms with E-state index < -0.39 is 0 Å². The summed E-state index contributed by atoms with van der Waals surface area (Å²) < 4.78 is 8.17. The first-order valence-corrected chi connectivity index (χ1v) is 11.3. The van der Waals surface area contributed by atoms with Crippen molar-refractivity contribution >= 4 is 45.4 Å². The van der Waals surface area contributed by atoms with Crippen LogP contribution in [0.15, 0.2) is 87.3 Å². The minimum atomic E-state index is 0. The van der Waals surface area contributed by atoms with Crippen LogP contribution in [0.4, 0.5) is 0 Å². The number of hydrogen-bond acceptors (Lipinski definition) is 4.